The summed E-state index contributed by atoms with van der Waals surface area (Å²) in [7, 11) is 4.62. The number of rotatable bonds is 6. The Morgan fingerprint density at radius 1 is 0.971 bits per heavy atom. The van der Waals surface area contributed by atoms with Gasteiger partial charge in [-0.2, -0.15) is 0 Å². The third-order valence-electron chi connectivity index (χ3n) is 6.54. The van der Waals surface area contributed by atoms with Crippen molar-refractivity contribution in [2.24, 2.45) is 0 Å². The Bertz CT molecular complexity index is 1140. The Labute approximate surface area is 199 Å². The number of likely N-dealkylation sites (N-methyl/N-ethyl adjacent to an activating group) is 1. The van der Waals surface area contributed by atoms with E-state index in [2.05, 4.69) is 22.8 Å². The number of hydrogen-bond acceptors (Lipinski definition) is 6. The normalized spacial score (nSPS) is 20.5. The van der Waals surface area contributed by atoms with Gasteiger partial charge in [0.1, 0.15) is 11.4 Å². The fourth-order valence-electron chi connectivity index (χ4n) is 4.67. The lowest BCUT2D eigenvalue weighted by atomic mass is 9.80. The van der Waals surface area contributed by atoms with Crippen LogP contribution < -0.4 is 10.6 Å². The Kier molecular flexibility index (Phi) is 6.58. The van der Waals surface area contributed by atoms with Crippen molar-refractivity contribution in [3.8, 4) is 5.75 Å². The number of nitrogens with one attached hydrogen (secondary N) is 2. The average molecular weight is 463 g/mol. The van der Waals surface area contributed by atoms with Crippen LogP contribution in [0.5, 0.6) is 5.75 Å². The van der Waals surface area contributed by atoms with Crippen molar-refractivity contribution in [3.63, 3.8) is 0 Å². The number of para-hydroxylation sites is 1. The van der Waals surface area contributed by atoms with E-state index in [9.17, 15) is 19.5 Å². The molecule has 0 bridgehead atoms. The molecule has 2 atom stereocenters. The monoisotopic (exact) mass is 462 g/mol. The molecule has 1 aliphatic heterocycles. The highest BCUT2D eigenvalue weighted by Gasteiger charge is 2.39. The van der Waals surface area contributed by atoms with E-state index in [-0.39, 0.29) is 46.3 Å². The first-order valence-electron chi connectivity index (χ1n) is 11.5. The molecular weight excluding hydrogens is 432 g/mol. The molecule has 8 heteroatoms. The van der Waals surface area contributed by atoms with Crippen molar-refractivity contribution < 1.29 is 19.5 Å². The average Bonchev–Trinajstić information content (AvgIpc) is 3.04. The largest absolute Gasteiger partial charge is 0.505 e. The fourth-order valence-corrected chi connectivity index (χ4v) is 4.67. The van der Waals surface area contributed by atoms with Gasteiger partial charge in [0.15, 0.2) is 5.75 Å². The van der Waals surface area contributed by atoms with E-state index < -0.39 is 11.8 Å². The molecular formula is C26H30N4O4. The van der Waals surface area contributed by atoms with Crippen LogP contribution >= 0.6 is 0 Å². The molecule has 3 N–H and O–H groups in total. The summed E-state index contributed by atoms with van der Waals surface area (Å²) in [6.45, 7) is 0. The number of amides is 3. The van der Waals surface area contributed by atoms with Gasteiger partial charge in [-0.1, -0.05) is 49.2 Å². The minimum atomic E-state index is -0.497. The number of anilines is 1. The molecule has 1 aliphatic carbocycles. The van der Waals surface area contributed by atoms with E-state index in [4.69, 9.17) is 0 Å². The maximum Gasteiger partial charge on any atom is 0.279 e. The number of phenolic OH excluding ortho intramolecular Hbond substituents is 1. The summed E-state index contributed by atoms with van der Waals surface area (Å²) >= 11 is 0. The number of benzene rings is 2. The van der Waals surface area contributed by atoms with Crippen LogP contribution in [0, 0.1) is 0 Å². The van der Waals surface area contributed by atoms with Gasteiger partial charge in [0, 0.05) is 33.1 Å². The van der Waals surface area contributed by atoms with Gasteiger partial charge in [-0.15, -0.1) is 0 Å². The third kappa shape index (κ3) is 4.35. The highest BCUT2D eigenvalue weighted by atomic mass is 16.3. The van der Waals surface area contributed by atoms with Gasteiger partial charge < -0.3 is 20.6 Å². The number of nitrogens with zero attached hydrogens (tertiary/aromatic N) is 2. The van der Waals surface area contributed by atoms with Crippen LogP contribution in [0.4, 0.5) is 5.69 Å². The van der Waals surface area contributed by atoms with Gasteiger partial charge >= 0.3 is 0 Å². The maximum atomic E-state index is 13.0. The van der Waals surface area contributed by atoms with Crippen LogP contribution in [-0.2, 0) is 9.59 Å². The molecule has 4 rings (SSSR count). The first kappa shape index (κ1) is 23.4. The second kappa shape index (κ2) is 9.59. The molecule has 8 nitrogen and oxygen atoms in total. The molecule has 1 fully saturated rings. The first-order valence-corrected chi connectivity index (χ1v) is 11.5. The number of carbonyl (C=O) groups is 3. The molecule has 0 radical (unpaired) electrons. The Balaban J connectivity index is 1.67. The van der Waals surface area contributed by atoms with Crippen molar-refractivity contribution in [2.45, 2.75) is 37.6 Å². The minimum absolute atomic E-state index is 0.0125. The molecule has 34 heavy (non-hydrogen) atoms. The zero-order valence-electron chi connectivity index (χ0n) is 19.7. The lowest BCUT2D eigenvalue weighted by Gasteiger charge is -2.33. The van der Waals surface area contributed by atoms with Gasteiger partial charge in [0.2, 0.25) is 0 Å². The van der Waals surface area contributed by atoms with E-state index in [1.165, 1.54) is 23.6 Å². The third-order valence-corrected chi connectivity index (χ3v) is 6.54. The van der Waals surface area contributed by atoms with E-state index in [0.29, 0.717) is 0 Å². The molecule has 2 aliphatic rings. The summed E-state index contributed by atoms with van der Waals surface area (Å²) in [5.41, 5.74) is 1.74. The summed E-state index contributed by atoms with van der Waals surface area (Å²) in [5, 5.41) is 17.0. The number of imide groups is 1. The zero-order chi connectivity index (χ0) is 24.4. The van der Waals surface area contributed by atoms with E-state index >= 15 is 0 Å². The number of aromatic hydroxyl groups is 1. The van der Waals surface area contributed by atoms with Crippen LogP contribution in [0.25, 0.3) is 0 Å². The highest BCUT2D eigenvalue weighted by molar-refractivity contribution is 6.20. The SMILES string of the molecule is CN(C)C(=O)c1cccc(NC2=C(N[C@@H]3CCCC[C@H]3c3ccccc3)C(=O)N(C)C2=O)c1O. The Morgan fingerprint density at radius 3 is 2.35 bits per heavy atom. The number of carbonyl (C=O) groups excluding carboxylic acids is 3. The smallest absolute Gasteiger partial charge is 0.279 e. The second-order valence-corrected chi connectivity index (χ2v) is 9.00. The minimum Gasteiger partial charge on any atom is -0.505 e. The van der Waals surface area contributed by atoms with Gasteiger partial charge in [-0.25, -0.2) is 0 Å². The van der Waals surface area contributed by atoms with Gasteiger partial charge in [0.25, 0.3) is 17.7 Å². The predicted octanol–water partition coefficient (Wildman–Crippen LogP) is 3.03. The Morgan fingerprint density at radius 2 is 1.65 bits per heavy atom. The summed E-state index contributed by atoms with van der Waals surface area (Å²) in [6.07, 6.45) is 4.00. The van der Waals surface area contributed by atoms with Crippen molar-refractivity contribution in [2.75, 3.05) is 26.5 Å². The lowest BCUT2D eigenvalue weighted by Crippen LogP contribution is -2.40. The predicted molar refractivity (Wildman–Crippen MR) is 129 cm³/mol. The van der Waals surface area contributed by atoms with E-state index in [1.807, 2.05) is 18.2 Å². The molecule has 3 amide bonds. The molecule has 178 valence electrons. The molecule has 2 aromatic rings. The molecule has 0 spiro atoms. The van der Waals surface area contributed by atoms with E-state index in [1.54, 1.807) is 26.2 Å². The first-order chi connectivity index (χ1) is 16.3. The fraction of sp³-hybridized carbons (Fsp3) is 0.346. The summed E-state index contributed by atoms with van der Waals surface area (Å²) in [4.78, 5) is 40.8. The molecule has 0 unspecified atom stereocenters. The van der Waals surface area contributed by atoms with Crippen LogP contribution in [0.3, 0.4) is 0 Å². The molecule has 0 aromatic heterocycles. The highest BCUT2D eigenvalue weighted by Crippen LogP contribution is 2.35. The van der Waals surface area contributed by atoms with Gasteiger partial charge in [0.05, 0.1) is 11.3 Å². The molecule has 0 saturated heterocycles. The number of phenols is 1. The van der Waals surface area contributed by atoms with Crippen LogP contribution in [-0.4, -0.2) is 59.8 Å². The molecule has 2 aromatic carbocycles. The summed E-state index contributed by atoms with van der Waals surface area (Å²) in [6, 6.07) is 14.9. The van der Waals surface area contributed by atoms with Crippen LogP contribution in [0.1, 0.15) is 47.5 Å². The quantitative estimate of drug-likeness (QED) is 0.451. The van der Waals surface area contributed by atoms with Crippen molar-refractivity contribution in [1.82, 2.24) is 15.1 Å². The number of hydrogen-bond donors (Lipinski definition) is 3. The molecule has 1 heterocycles. The van der Waals surface area contributed by atoms with E-state index in [0.717, 1.165) is 30.6 Å². The maximum absolute atomic E-state index is 13.0. The topological polar surface area (TPSA) is 102 Å². The van der Waals surface area contributed by atoms with Crippen molar-refractivity contribution in [1.29, 1.82) is 0 Å². The second-order valence-electron chi connectivity index (χ2n) is 9.00. The summed E-state index contributed by atoms with van der Waals surface area (Å²) in [5.74, 6) is -1.35. The Hall–Kier alpha value is -3.81. The lowest BCUT2D eigenvalue weighted by molar-refractivity contribution is -0.136. The molecule has 1 saturated carbocycles. The van der Waals surface area contributed by atoms with Gasteiger partial charge in [-0.3, -0.25) is 19.3 Å². The van der Waals surface area contributed by atoms with Crippen LogP contribution in [0.15, 0.2) is 59.9 Å². The van der Waals surface area contributed by atoms with Crippen LogP contribution in [0.2, 0.25) is 0 Å². The summed E-state index contributed by atoms with van der Waals surface area (Å²) < 4.78 is 0. The van der Waals surface area contributed by atoms with Crippen molar-refractivity contribution in [3.05, 3.63) is 71.1 Å². The zero-order valence-corrected chi connectivity index (χ0v) is 19.7. The standard InChI is InChI=1S/C26H30N4O4/c1-29(2)24(32)18-13-9-15-20(23(18)31)28-22-21(25(33)30(3)26(22)34)27-19-14-8-7-12-17(19)16-10-5-4-6-11-16/h4-6,9-11,13,15,17,19,27-28,31H,7-8,12,14H2,1-3H3/t17-,19+/m0/s1. The van der Waals surface area contributed by atoms with Gasteiger partial charge in [-0.05, 0) is 30.5 Å². The van der Waals surface area contributed by atoms with Crippen molar-refractivity contribution >= 4 is 23.4 Å².